The van der Waals surface area contributed by atoms with E-state index in [1.165, 1.54) is 6.07 Å². The van der Waals surface area contributed by atoms with Crippen LogP contribution in [0.15, 0.2) is 16.6 Å². The predicted molar refractivity (Wildman–Crippen MR) is 80.1 cm³/mol. The highest BCUT2D eigenvalue weighted by molar-refractivity contribution is 9.10. The lowest BCUT2D eigenvalue weighted by Gasteiger charge is -2.29. The number of anilines is 1. The summed E-state index contributed by atoms with van der Waals surface area (Å²) in [6.45, 7) is 3.68. The maximum absolute atomic E-state index is 13.8. The van der Waals surface area contributed by atoms with Crippen molar-refractivity contribution in [1.82, 2.24) is 9.55 Å². The number of halogens is 2. The van der Waals surface area contributed by atoms with E-state index in [9.17, 15) is 4.39 Å². The van der Waals surface area contributed by atoms with Crippen LogP contribution in [0, 0.1) is 11.7 Å². The largest absolute Gasteiger partial charge is 0.381 e. The molecule has 1 fully saturated rings. The molecule has 0 bridgehead atoms. The summed E-state index contributed by atoms with van der Waals surface area (Å²) in [7, 11) is 0. The fourth-order valence-corrected chi connectivity index (χ4v) is 3.28. The number of rotatable bonds is 2. The molecule has 1 atom stereocenters. The molecule has 2 heterocycles. The van der Waals surface area contributed by atoms with Crippen molar-refractivity contribution in [2.45, 2.75) is 25.8 Å². The molecule has 0 radical (unpaired) electrons. The van der Waals surface area contributed by atoms with Gasteiger partial charge in [-0.15, -0.1) is 0 Å². The molecule has 0 aliphatic carbocycles. The molecule has 1 aromatic heterocycles. The standard InChI is InChI=1S/C14H17BrFN3O/c1-8(9-2-4-20-5-3-9)19-13-7-11(16)10(15)6-12(13)18-14(19)17/h6-9H,2-5H2,1H3,(H2,17,18). The van der Waals surface area contributed by atoms with Crippen molar-refractivity contribution in [3.05, 3.63) is 22.4 Å². The van der Waals surface area contributed by atoms with Gasteiger partial charge in [-0.05, 0) is 47.7 Å². The van der Waals surface area contributed by atoms with Crippen LogP contribution < -0.4 is 5.73 Å². The van der Waals surface area contributed by atoms with Crippen molar-refractivity contribution in [2.75, 3.05) is 18.9 Å². The van der Waals surface area contributed by atoms with Gasteiger partial charge in [0.25, 0.3) is 0 Å². The quantitative estimate of drug-likeness (QED) is 0.909. The Hall–Kier alpha value is -1.14. The normalized spacial score (nSPS) is 18.6. The van der Waals surface area contributed by atoms with Gasteiger partial charge in [-0.2, -0.15) is 0 Å². The molecule has 0 amide bonds. The Balaban J connectivity index is 2.05. The van der Waals surface area contributed by atoms with Gasteiger partial charge in [-0.25, -0.2) is 9.37 Å². The highest BCUT2D eigenvalue weighted by Crippen LogP contribution is 2.33. The minimum Gasteiger partial charge on any atom is -0.381 e. The minimum atomic E-state index is -0.294. The first-order valence-corrected chi connectivity index (χ1v) is 7.57. The smallest absolute Gasteiger partial charge is 0.201 e. The number of ether oxygens (including phenoxy) is 1. The van der Waals surface area contributed by atoms with Gasteiger partial charge in [0.05, 0.1) is 15.5 Å². The third kappa shape index (κ3) is 2.31. The average Bonchev–Trinajstić information content (AvgIpc) is 2.75. The van der Waals surface area contributed by atoms with Gasteiger partial charge in [0.15, 0.2) is 0 Å². The van der Waals surface area contributed by atoms with Crippen molar-refractivity contribution >= 4 is 32.9 Å². The summed E-state index contributed by atoms with van der Waals surface area (Å²) in [5.74, 6) is 0.629. The van der Waals surface area contributed by atoms with Crippen LogP contribution in [0.1, 0.15) is 25.8 Å². The second-order valence-electron chi connectivity index (χ2n) is 5.29. The summed E-state index contributed by atoms with van der Waals surface area (Å²) < 4.78 is 21.5. The van der Waals surface area contributed by atoms with Crippen molar-refractivity contribution in [3.63, 3.8) is 0 Å². The topological polar surface area (TPSA) is 53.1 Å². The molecule has 20 heavy (non-hydrogen) atoms. The lowest BCUT2D eigenvalue weighted by molar-refractivity contribution is 0.0521. The molecule has 1 aromatic carbocycles. The first-order valence-electron chi connectivity index (χ1n) is 6.78. The van der Waals surface area contributed by atoms with Crippen LogP contribution in [0.4, 0.5) is 10.3 Å². The predicted octanol–water partition coefficient (Wildman–Crippen LogP) is 3.51. The number of hydrogen-bond acceptors (Lipinski definition) is 3. The molecular formula is C14H17BrFN3O. The van der Waals surface area contributed by atoms with Crippen LogP contribution in [0.25, 0.3) is 11.0 Å². The minimum absolute atomic E-state index is 0.185. The lowest BCUT2D eigenvalue weighted by atomic mass is 9.92. The monoisotopic (exact) mass is 341 g/mol. The molecule has 1 aliphatic heterocycles. The first kappa shape index (κ1) is 13.8. The maximum Gasteiger partial charge on any atom is 0.201 e. The van der Waals surface area contributed by atoms with E-state index in [-0.39, 0.29) is 11.9 Å². The number of fused-ring (bicyclic) bond motifs is 1. The summed E-state index contributed by atoms with van der Waals surface area (Å²) in [4.78, 5) is 4.34. The maximum atomic E-state index is 13.8. The number of imidazole rings is 1. The highest BCUT2D eigenvalue weighted by Gasteiger charge is 2.25. The van der Waals surface area contributed by atoms with Gasteiger partial charge in [0.2, 0.25) is 5.95 Å². The zero-order chi connectivity index (χ0) is 14.3. The summed E-state index contributed by atoms with van der Waals surface area (Å²) in [6.07, 6.45) is 2.00. The van der Waals surface area contributed by atoms with Crippen LogP contribution in [0.3, 0.4) is 0 Å². The van der Waals surface area contributed by atoms with Gasteiger partial charge >= 0.3 is 0 Å². The SMILES string of the molecule is CC(C1CCOCC1)n1c(N)nc2cc(Br)c(F)cc21. The van der Waals surface area contributed by atoms with Crippen LogP contribution in [-0.4, -0.2) is 22.8 Å². The molecule has 4 nitrogen and oxygen atoms in total. The van der Waals surface area contributed by atoms with E-state index >= 15 is 0 Å². The van der Waals surface area contributed by atoms with E-state index in [1.807, 2.05) is 4.57 Å². The van der Waals surface area contributed by atoms with Gasteiger partial charge in [0.1, 0.15) is 5.82 Å². The van der Waals surface area contributed by atoms with Gasteiger partial charge < -0.3 is 15.0 Å². The lowest BCUT2D eigenvalue weighted by Crippen LogP contribution is -2.24. The van der Waals surface area contributed by atoms with Crippen LogP contribution in [0.5, 0.6) is 0 Å². The van der Waals surface area contributed by atoms with E-state index in [2.05, 4.69) is 27.8 Å². The van der Waals surface area contributed by atoms with Crippen LogP contribution >= 0.6 is 15.9 Å². The summed E-state index contributed by atoms with van der Waals surface area (Å²) in [5.41, 5.74) is 7.51. The van der Waals surface area contributed by atoms with Crippen LogP contribution in [-0.2, 0) is 4.74 Å². The molecule has 1 saturated heterocycles. The van der Waals surface area contributed by atoms with E-state index in [4.69, 9.17) is 10.5 Å². The Labute approximate surface area is 125 Å². The molecule has 2 N–H and O–H groups in total. The number of nitrogen functional groups attached to an aromatic ring is 1. The number of hydrogen-bond donors (Lipinski definition) is 1. The van der Waals surface area contributed by atoms with E-state index in [0.717, 1.165) is 37.1 Å². The number of benzene rings is 1. The Kier molecular flexibility index (Phi) is 3.69. The van der Waals surface area contributed by atoms with Gasteiger partial charge in [0, 0.05) is 25.3 Å². The number of nitrogens with zero attached hydrogens (tertiary/aromatic N) is 2. The van der Waals surface area contributed by atoms with Crippen LogP contribution in [0.2, 0.25) is 0 Å². The second-order valence-corrected chi connectivity index (χ2v) is 6.14. The first-order chi connectivity index (χ1) is 9.58. The third-order valence-electron chi connectivity index (χ3n) is 4.11. The van der Waals surface area contributed by atoms with Crippen molar-refractivity contribution in [2.24, 2.45) is 5.92 Å². The molecule has 1 aliphatic rings. The summed E-state index contributed by atoms with van der Waals surface area (Å²) >= 11 is 3.18. The summed E-state index contributed by atoms with van der Waals surface area (Å²) in [5, 5.41) is 0. The molecule has 0 saturated carbocycles. The average molecular weight is 342 g/mol. The fraction of sp³-hybridized carbons (Fsp3) is 0.500. The van der Waals surface area contributed by atoms with E-state index in [0.29, 0.717) is 16.3 Å². The Bertz CT molecular complexity index is 637. The fourth-order valence-electron chi connectivity index (χ4n) is 2.95. The third-order valence-corrected chi connectivity index (χ3v) is 4.72. The molecule has 3 rings (SSSR count). The molecule has 0 spiro atoms. The Morgan fingerprint density at radius 2 is 2.15 bits per heavy atom. The van der Waals surface area contributed by atoms with Crippen molar-refractivity contribution in [1.29, 1.82) is 0 Å². The van der Waals surface area contributed by atoms with Crippen molar-refractivity contribution < 1.29 is 9.13 Å². The number of aromatic nitrogens is 2. The Morgan fingerprint density at radius 3 is 2.85 bits per heavy atom. The Morgan fingerprint density at radius 1 is 1.45 bits per heavy atom. The second kappa shape index (κ2) is 5.33. The van der Waals surface area contributed by atoms with E-state index < -0.39 is 0 Å². The number of nitrogens with two attached hydrogens (primary N) is 1. The van der Waals surface area contributed by atoms with Gasteiger partial charge in [-0.3, -0.25) is 0 Å². The van der Waals surface area contributed by atoms with Gasteiger partial charge in [-0.1, -0.05) is 0 Å². The van der Waals surface area contributed by atoms with Crippen molar-refractivity contribution in [3.8, 4) is 0 Å². The molecular weight excluding hydrogens is 325 g/mol. The molecule has 2 aromatic rings. The van der Waals surface area contributed by atoms with E-state index in [1.54, 1.807) is 6.07 Å². The molecule has 108 valence electrons. The highest BCUT2D eigenvalue weighted by atomic mass is 79.9. The summed E-state index contributed by atoms with van der Waals surface area (Å²) in [6, 6.07) is 3.36. The molecule has 6 heteroatoms. The zero-order valence-corrected chi connectivity index (χ0v) is 12.9. The zero-order valence-electron chi connectivity index (χ0n) is 11.3. The molecule has 1 unspecified atom stereocenters.